The van der Waals surface area contributed by atoms with Crippen LogP contribution in [0, 0.1) is 5.92 Å². The van der Waals surface area contributed by atoms with Gasteiger partial charge in [-0.25, -0.2) is 0 Å². The lowest BCUT2D eigenvalue weighted by molar-refractivity contribution is -0.148. The Morgan fingerprint density at radius 1 is 1.45 bits per heavy atom. The molecule has 0 saturated carbocycles. The van der Waals surface area contributed by atoms with Gasteiger partial charge in [0.2, 0.25) is 0 Å². The highest BCUT2D eigenvalue weighted by molar-refractivity contribution is 5.98. The molecular weight excluding hydrogens is 144 g/mol. The first-order valence-corrected chi connectivity index (χ1v) is 3.74. The Morgan fingerprint density at radius 2 is 2.00 bits per heavy atom. The topological polar surface area (TPSA) is 43.4 Å². The van der Waals surface area contributed by atoms with E-state index >= 15 is 0 Å². The zero-order chi connectivity index (χ0) is 8.85. The van der Waals surface area contributed by atoms with Gasteiger partial charge in [0, 0.05) is 6.42 Å². The van der Waals surface area contributed by atoms with Crippen molar-refractivity contribution in [2.24, 2.45) is 5.92 Å². The molecule has 0 aromatic heterocycles. The lowest BCUT2D eigenvalue weighted by atomic mass is 10.0. The van der Waals surface area contributed by atoms with E-state index in [0.29, 0.717) is 6.42 Å². The second-order valence-corrected chi connectivity index (χ2v) is 2.46. The van der Waals surface area contributed by atoms with Gasteiger partial charge >= 0.3 is 5.97 Å². The molecule has 0 N–H and O–H groups in total. The van der Waals surface area contributed by atoms with Crippen LogP contribution in [0.4, 0.5) is 0 Å². The number of hydrogen-bond acceptors (Lipinski definition) is 3. The molecule has 1 atom stereocenters. The molecular formula is C8H14O3. The summed E-state index contributed by atoms with van der Waals surface area (Å²) in [5.74, 6) is -1.08. The van der Waals surface area contributed by atoms with E-state index in [-0.39, 0.29) is 5.78 Å². The normalized spacial score (nSPS) is 12.3. The average molecular weight is 158 g/mol. The molecule has 11 heavy (non-hydrogen) atoms. The van der Waals surface area contributed by atoms with Crippen molar-refractivity contribution in [3.63, 3.8) is 0 Å². The van der Waals surface area contributed by atoms with Crippen LogP contribution >= 0.6 is 0 Å². The van der Waals surface area contributed by atoms with Crippen molar-refractivity contribution in [2.45, 2.75) is 26.7 Å². The number of ketones is 1. The molecule has 3 heteroatoms. The molecule has 64 valence electrons. The molecule has 0 radical (unpaired) electrons. The summed E-state index contributed by atoms with van der Waals surface area (Å²) in [5, 5.41) is 0. The summed E-state index contributed by atoms with van der Waals surface area (Å²) in [7, 11) is 1.29. The van der Waals surface area contributed by atoms with Crippen molar-refractivity contribution >= 4 is 11.8 Å². The van der Waals surface area contributed by atoms with Gasteiger partial charge in [0.25, 0.3) is 0 Å². The summed E-state index contributed by atoms with van der Waals surface area (Å²) in [5.41, 5.74) is 0. The summed E-state index contributed by atoms with van der Waals surface area (Å²) in [6, 6.07) is 0. The molecule has 0 aliphatic rings. The predicted octanol–water partition coefficient (Wildman–Crippen LogP) is 1.16. The predicted molar refractivity (Wildman–Crippen MR) is 41.1 cm³/mol. The van der Waals surface area contributed by atoms with Crippen LogP contribution < -0.4 is 0 Å². The number of methoxy groups -OCH3 is 1. The van der Waals surface area contributed by atoms with E-state index in [9.17, 15) is 9.59 Å². The first-order valence-electron chi connectivity index (χ1n) is 3.74. The Bertz CT molecular complexity index is 151. The summed E-state index contributed by atoms with van der Waals surface area (Å²) in [6.07, 6.45) is 1.23. The fraction of sp³-hybridized carbons (Fsp3) is 0.750. The fourth-order valence-corrected chi connectivity index (χ4v) is 0.771. The lowest BCUT2D eigenvalue weighted by Gasteiger charge is -2.05. The highest BCUT2D eigenvalue weighted by Gasteiger charge is 2.20. The van der Waals surface area contributed by atoms with Gasteiger partial charge in [-0.1, -0.05) is 6.92 Å². The number of hydrogen-bond donors (Lipinski definition) is 0. The van der Waals surface area contributed by atoms with Crippen molar-refractivity contribution in [2.75, 3.05) is 7.11 Å². The van der Waals surface area contributed by atoms with Crippen LogP contribution in [-0.2, 0) is 14.3 Å². The molecule has 0 aliphatic carbocycles. The van der Waals surface area contributed by atoms with Gasteiger partial charge in [-0.15, -0.1) is 0 Å². The first-order chi connectivity index (χ1) is 5.13. The minimum Gasteiger partial charge on any atom is -0.468 e. The van der Waals surface area contributed by atoms with Gasteiger partial charge in [-0.3, -0.25) is 9.59 Å². The van der Waals surface area contributed by atoms with E-state index in [1.807, 2.05) is 6.92 Å². The molecule has 0 rings (SSSR count). The average Bonchev–Trinajstić information content (AvgIpc) is 2.02. The van der Waals surface area contributed by atoms with Crippen LogP contribution in [0.5, 0.6) is 0 Å². The largest absolute Gasteiger partial charge is 0.468 e. The molecule has 3 nitrogen and oxygen atoms in total. The van der Waals surface area contributed by atoms with Crippen molar-refractivity contribution in [1.82, 2.24) is 0 Å². The van der Waals surface area contributed by atoms with Gasteiger partial charge in [0.1, 0.15) is 11.7 Å². The van der Waals surface area contributed by atoms with E-state index in [0.717, 1.165) is 6.42 Å². The molecule has 0 spiro atoms. The van der Waals surface area contributed by atoms with Crippen LogP contribution in [0.1, 0.15) is 26.7 Å². The Kier molecular flexibility index (Phi) is 4.50. The number of esters is 1. The number of Topliss-reactive ketones (excluding diaryl/α,β-unsaturated/α-hetero) is 1. The Morgan fingerprint density at radius 3 is 2.36 bits per heavy atom. The van der Waals surface area contributed by atoms with Crippen LogP contribution in [0.25, 0.3) is 0 Å². The third-order valence-electron chi connectivity index (χ3n) is 1.53. The number of carbonyl (C=O) groups is 2. The van der Waals surface area contributed by atoms with Crippen LogP contribution in [0.15, 0.2) is 0 Å². The monoisotopic (exact) mass is 158 g/mol. The molecule has 0 bridgehead atoms. The molecule has 0 aromatic carbocycles. The summed E-state index contributed by atoms with van der Waals surface area (Å²) >= 11 is 0. The summed E-state index contributed by atoms with van der Waals surface area (Å²) in [4.78, 5) is 21.8. The Hall–Kier alpha value is -0.860. The SMILES string of the molecule is CCCC(=O)[C@H](C)C(=O)OC. The molecule has 0 unspecified atom stereocenters. The third-order valence-corrected chi connectivity index (χ3v) is 1.53. The maximum atomic E-state index is 11.0. The lowest BCUT2D eigenvalue weighted by Crippen LogP contribution is -2.21. The van der Waals surface area contributed by atoms with Crippen molar-refractivity contribution in [3.05, 3.63) is 0 Å². The first kappa shape index (κ1) is 10.1. The van der Waals surface area contributed by atoms with E-state index in [1.54, 1.807) is 6.92 Å². The fourth-order valence-electron chi connectivity index (χ4n) is 0.771. The number of ether oxygens (including phenoxy) is 1. The van der Waals surface area contributed by atoms with Gasteiger partial charge < -0.3 is 4.74 Å². The van der Waals surface area contributed by atoms with E-state index in [1.165, 1.54) is 7.11 Å². The molecule has 0 heterocycles. The van der Waals surface area contributed by atoms with Crippen molar-refractivity contribution in [3.8, 4) is 0 Å². The van der Waals surface area contributed by atoms with E-state index in [4.69, 9.17) is 0 Å². The highest BCUT2D eigenvalue weighted by atomic mass is 16.5. The Labute approximate surface area is 66.7 Å². The molecule has 0 saturated heterocycles. The standard InChI is InChI=1S/C8H14O3/c1-4-5-7(9)6(2)8(10)11-3/h6H,4-5H2,1-3H3/t6-/m0/s1. The van der Waals surface area contributed by atoms with Gasteiger partial charge in [-0.2, -0.15) is 0 Å². The van der Waals surface area contributed by atoms with Crippen molar-refractivity contribution < 1.29 is 14.3 Å². The van der Waals surface area contributed by atoms with Crippen LogP contribution in [0.3, 0.4) is 0 Å². The Balaban J connectivity index is 3.91. The maximum Gasteiger partial charge on any atom is 0.315 e. The zero-order valence-electron chi connectivity index (χ0n) is 7.22. The zero-order valence-corrected chi connectivity index (χ0v) is 7.22. The maximum absolute atomic E-state index is 11.0. The number of carbonyl (C=O) groups excluding carboxylic acids is 2. The van der Waals surface area contributed by atoms with Gasteiger partial charge in [0.15, 0.2) is 0 Å². The summed E-state index contributed by atoms with van der Waals surface area (Å²) in [6.45, 7) is 3.48. The minimum atomic E-state index is -0.597. The molecule has 0 fully saturated rings. The van der Waals surface area contributed by atoms with E-state index < -0.39 is 11.9 Å². The van der Waals surface area contributed by atoms with Crippen molar-refractivity contribution in [1.29, 1.82) is 0 Å². The minimum absolute atomic E-state index is 0.0423. The van der Waals surface area contributed by atoms with Gasteiger partial charge in [-0.05, 0) is 13.3 Å². The second kappa shape index (κ2) is 4.88. The number of rotatable bonds is 4. The molecule has 0 aliphatic heterocycles. The highest BCUT2D eigenvalue weighted by Crippen LogP contribution is 2.04. The smallest absolute Gasteiger partial charge is 0.315 e. The third kappa shape index (κ3) is 3.16. The van der Waals surface area contributed by atoms with Crippen LogP contribution in [-0.4, -0.2) is 18.9 Å². The van der Waals surface area contributed by atoms with E-state index in [2.05, 4.69) is 4.74 Å². The molecule has 0 amide bonds. The van der Waals surface area contributed by atoms with Gasteiger partial charge in [0.05, 0.1) is 7.11 Å². The quantitative estimate of drug-likeness (QED) is 0.455. The van der Waals surface area contributed by atoms with Crippen LogP contribution in [0.2, 0.25) is 0 Å². The molecule has 0 aromatic rings. The summed E-state index contributed by atoms with van der Waals surface area (Å²) < 4.78 is 4.42. The second-order valence-electron chi connectivity index (χ2n) is 2.46.